The number of rotatable bonds is 5. The van der Waals surface area contributed by atoms with Crippen molar-refractivity contribution in [1.82, 2.24) is 10.2 Å². The number of carbonyl (C=O) groups is 2. The number of non-ortho nitro benzene ring substituents is 1. The molecule has 2 atom stereocenters. The predicted molar refractivity (Wildman–Crippen MR) is 91.5 cm³/mol. The van der Waals surface area contributed by atoms with Gasteiger partial charge in [-0.1, -0.05) is 0 Å². The zero-order valence-electron chi connectivity index (χ0n) is 14.1. The number of nitrogens with zero attached hydrogens (tertiary/aromatic N) is 2. The first-order chi connectivity index (χ1) is 12.5. The maximum Gasteiger partial charge on any atom is 0.315 e. The minimum absolute atomic E-state index is 0.0739. The Morgan fingerprint density at radius 3 is 2.81 bits per heavy atom. The number of fused-ring (bicyclic) bond motifs is 1. The molecule has 0 bridgehead atoms. The number of amides is 1. The Bertz CT molecular complexity index is 830. The van der Waals surface area contributed by atoms with Crippen molar-refractivity contribution in [3.8, 4) is 0 Å². The van der Waals surface area contributed by atoms with E-state index in [1.54, 1.807) is 6.20 Å². The minimum Gasteiger partial charge on any atom is -0.452 e. The quantitative estimate of drug-likeness (QED) is 0.480. The summed E-state index contributed by atoms with van der Waals surface area (Å²) in [5.41, 5.74) is 2.07. The van der Waals surface area contributed by atoms with E-state index in [0.29, 0.717) is 12.1 Å². The van der Waals surface area contributed by atoms with Gasteiger partial charge in [0.1, 0.15) is 0 Å². The van der Waals surface area contributed by atoms with Crippen molar-refractivity contribution in [2.75, 3.05) is 5.32 Å². The van der Waals surface area contributed by atoms with Crippen LogP contribution in [0, 0.1) is 10.1 Å². The van der Waals surface area contributed by atoms with Crippen LogP contribution in [0.1, 0.15) is 36.9 Å². The van der Waals surface area contributed by atoms with Crippen LogP contribution < -0.4 is 5.32 Å². The van der Waals surface area contributed by atoms with Crippen molar-refractivity contribution in [2.24, 2.45) is 0 Å². The molecule has 9 heteroatoms. The number of aromatic nitrogens is 2. The number of nitrogens with one attached hydrogen (secondary N) is 2. The Balaban J connectivity index is 1.59. The van der Waals surface area contributed by atoms with Gasteiger partial charge >= 0.3 is 5.97 Å². The molecule has 0 spiro atoms. The molecule has 1 aromatic heterocycles. The van der Waals surface area contributed by atoms with Crippen LogP contribution in [0.5, 0.6) is 0 Å². The lowest BCUT2D eigenvalue weighted by atomic mass is 9.88. The van der Waals surface area contributed by atoms with E-state index in [1.807, 2.05) is 0 Å². The molecular formula is C17H18N4O5. The fourth-order valence-corrected chi connectivity index (χ4v) is 2.92. The van der Waals surface area contributed by atoms with Crippen molar-refractivity contribution < 1.29 is 19.2 Å². The molecule has 0 aliphatic heterocycles. The maximum absolute atomic E-state index is 12.4. The number of nitro benzene ring substituents is 1. The second-order valence-electron chi connectivity index (χ2n) is 6.13. The lowest BCUT2D eigenvalue weighted by molar-refractivity contribution is -0.384. The Kier molecular flexibility index (Phi) is 4.97. The summed E-state index contributed by atoms with van der Waals surface area (Å²) in [6.07, 6.45) is 3.08. The first kappa shape index (κ1) is 17.6. The Morgan fingerprint density at radius 1 is 1.38 bits per heavy atom. The molecule has 26 heavy (non-hydrogen) atoms. The van der Waals surface area contributed by atoms with E-state index in [2.05, 4.69) is 15.5 Å². The number of hydrogen-bond donors (Lipinski definition) is 2. The summed E-state index contributed by atoms with van der Waals surface area (Å²) in [6.45, 7) is 1.48. The van der Waals surface area contributed by atoms with Crippen LogP contribution in [0.4, 0.5) is 11.4 Å². The molecule has 2 aromatic rings. The maximum atomic E-state index is 12.4. The van der Waals surface area contributed by atoms with Crippen LogP contribution in [0.2, 0.25) is 0 Å². The highest BCUT2D eigenvalue weighted by atomic mass is 16.6. The third-order valence-corrected chi connectivity index (χ3v) is 4.33. The third kappa shape index (κ3) is 3.71. The van der Waals surface area contributed by atoms with Crippen LogP contribution in [0.3, 0.4) is 0 Å². The topological polar surface area (TPSA) is 127 Å². The fraction of sp³-hybridized carbons (Fsp3) is 0.353. The standard InChI is InChI=1S/C17H18N4O5/c1-10(16(22)19-12-5-7-13(8-6-12)21(24)25)26-17(23)14-4-2-3-11-9-18-20-15(11)14/h5-10,14H,2-4H2,1H3,(H,18,20)(H,19,22)/t10-,14+/m0/s1. The number of benzene rings is 1. The SMILES string of the molecule is C[C@H](OC(=O)[C@@H]1CCCc2cn[nH]c21)C(=O)Nc1ccc([N+](=O)[O-])cc1. The molecule has 1 aliphatic rings. The highest BCUT2D eigenvalue weighted by molar-refractivity contribution is 5.95. The normalized spacial score (nSPS) is 17.0. The van der Waals surface area contributed by atoms with Gasteiger partial charge in [-0.3, -0.25) is 24.8 Å². The summed E-state index contributed by atoms with van der Waals surface area (Å²) in [5, 5.41) is 20.0. The molecule has 3 rings (SSSR count). The number of esters is 1. The minimum atomic E-state index is -0.994. The Hall–Kier alpha value is -3.23. The third-order valence-electron chi connectivity index (χ3n) is 4.33. The van der Waals surface area contributed by atoms with Gasteiger partial charge in [0.2, 0.25) is 0 Å². The summed E-state index contributed by atoms with van der Waals surface area (Å²) in [5.74, 6) is -1.43. The smallest absolute Gasteiger partial charge is 0.315 e. The zero-order valence-corrected chi connectivity index (χ0v) is 14.1. The Labute approximate surface area is 148 Å². The molecule has 0 fully saturated rings. The number of H-pyrrole nitrogens is 1. The van der Waals surface area contributed by atoms with Crippen molar-refractivity contribution in [2.45, 2.75) is 38.2 Å². The van der Waals surface area contributed by atoms with Gasteiger partial charge in [0.05, 0.1) is 22.7 Å². The molecular weight excluding hydrogens is 340 g/mol. The Morgan fingerprint density at radius 2 is 2.12 bits per heavy atom. The number of ether oxygens (including phenoxy) is 1. The molecule has 0 radical (unpaired) electrons. The van der Waals surface area contributed by atoms with E-state index in [9.17, 15) is 19.7 Å². The number of aryl methyl sites for hydroxylation is 1. The highest BCUT2D eigenvalue weighted by Gasteiger charge is 2.31. The molecule has 136 valence electrons. The lowest BCUT2D eigenvalue weighted by Crippen LogP contribution is -2.32. The van der Waals surface area contributed by atoms with Gasteiger partial charge in [-0.15, -0.1) is 0 Å². The largest absolute Gasteiger partial charge is 0.452 e. The average molecular weight is 358 g/mol. The van der Waals surface area contributed by atoms with E-state index >= 15 is 0 Å². The number of nitro groups is 1. The molecule has 1 heterocycles. The summed E-state index contributed by atoms with van der Waals surface area (Å²) >= 11 is 0. The first-order valence-corrected chi connectivity index (χ1v) is 8.23. The van der Waals surface area contributed by atoms with Gasteiger partial charge in [-0.2, -0.15) is 5.10 Å². The first-order valence-electron chi connectivity index (χ1n) is 8.23. The van der Waals surface area contributed by atoms with E-state index in [0.717, 1.165) is 24.1 Å². The molecule has 0 saturated carbocycles. The monoisotopic (exact) mass is 358 g/mol. The molecule has 0 unspecified atom stereocenters. The number of hydrogen-bond acceptors (Lipinski definition) is 6. The molecule has 0 saturated heterocycles. The van der Waals surface area contributed by atoms with Crippen LogP contribution in [0.15, 0.2) is 30.5 Å². The van der Waals surface area contributed by atoms with Gasteiger partial charge in [0, 0.05) is 17.8 Å². The summed E-state index contributed by atoms with van der Waals surface area (Å²) in [6, 6.07) is 5.41. The zero-order chi connectivity index (χ0) is 18.7. The molecule has 9 nitrogen and oxygen atoms in total. The second kappa shape index (κ2) is 7.34. The van der Waals surface area contributed by atoms with Crippen molar-refractivity contribution in [3.05, 3.63) is 51.8 Å². The average Bonchev–Trinajstić information content (AvgIpc) is 3.10. The van der Waals surface area contributed by atoms with Gasteiger partial charge in [-0.05, 0) is 43.9 Å². The van der Waals surface area contributed by atoms with Crippen LogP contribution >= 0.6 is 0 Å². The number of anilines is 1. The van der Waals surface area contributed by atoms with Gasteiger partial charge in [-0.25, -0.2) is 0 Å². The van der Waals surface area contributed by atoms with Gasteiger partial charge in [0.15, 0.2) is 6.10 Å². The number of carbonyl (C=O) groups excluding carboxylic acids is 2. The molecule has 2 N–H and O–H groups in total. The summed E-state index contributed by atoms with van der Waals surface area (Å²) in [7, 11) is 0. The molecule has 1 aromatic carbocycles. The van der Waals surface area contributed by atoms with Crippen molar-refractivity contribution in [3.63, 3.8) is 0 Å². The molecule has 1 aliphatic carbocycles. The van der Waals surface area contributed by atoms with Crippen LogP contribution in [-0.2, 0) is 20.7 Å². The molecule has 1 amide bonds. The van der Waals surface area contributed by atoms with E-state index in [-0.39, 0.29) is 5.69 Å². The highest BCUT2D eigenvalue weighted by Crippen LogP contribution is 2.31. The summed E-state index contributed by atoms with van der Waals surface area (Å²) < 4.78 is 5.31. The van der Waals surface area contributed by atoms with Crippen LogP contribution in [0.25, 0.3) is 0 Å². The van der Waals surface area contributed by atoms with E-state index in [1.165, 1.54) is 31.2 Å². The predicted octanol–water partition coefficient (Wildman–Crippen LogP) is 2.31. The van der Waals surface area contributed by atoms with Gasteiger partial charge < -0.3 is 10.1 Å². The number of aromatic amines is 1. The lowest BCUT2D eigenvalue weighted by Gasteiger charge is -2.22. The fourth-order valence-electron chi connectivity index (χ4n) is 2.92. The van der Waals surface area contributed by atoms with Crippen LogP contribution in [-0.4, -0.2) is 33.1 Å². The van der Waals surface area contributed by atoms with E-state index < -0.39 is 28.8 Å². The van der Waals surface area contributed by atoms with E-state index in [4.69, 9.17) is 4.74 Å². The van der Waals surface area contributed by atoms with Crippen molar-refractivity contribution in [1.29, 1.82) is 0 Å². The van der Waals surface area contributed by atoms with Crippen molar-refractivity contribution >= 4 is 23.3 Å². The second-order valence-corrected chi connectivity index (χ2v) is 6.13. The van der Waals surface area contributed by atoms with Gasteiger partial charge in [0.25, 0.3) is 11.6 Å². The summed E-state index contributed by atoms with van der Waals surface area (Å²) in [4.78, 5) is 34.7.